The topological polar surface area (TPSA) is 15.3 Å². The molecule has 0 aliphatic carbocycles. The van der Waals surface area contributed by atoms with Gasteiger partial charge in [-0.05, 0) is 35.9 Å². The van der Waals surface area contributed by atoms with E-state index in [2.05, 4.69) is 5.32 Å². The van der Waals surface area contributed by atoms with E-state index in [-0.39, 0.29) is 5.82 Å². The molecule has 0 radical (unpaired) electrons. The first-order valence-corrected chi connectivity index (χ1v) is 6.39. The van der Waals surface area contributed by atoms with Gasteiger partial charge in [0.15, 0.2) is 0 Å². The number of rotatable bonds is 4. The van der Waals surface area contributed by atoms with Crippen LogP contribution in [-0.2, 0) is 6.54 Å². The standard InChI is InChI=1S/C15H16ClFN2/c1-19(2)15-7-6-13(9-14(15)16)18-10-11-4-3-5-12(17)8-11/h3-9,18H,10H2,1-2H3. The number of nitrogens with zero attached hydrogens (tertiary/aromatic N) is 1. The Hall–Kier alpha value is -1.74. The van der Waals surface area contributed by atoms with Crippen molar-refractivity contribution >= 4 is 23.0 Å². The normalized spacial score (nSPS) is 10.3. The molecule has 2 aromatic carbocycles. The zero-order valence-electron chi connectivity index (χ0n) is 11.0. The molecule has 2 aromatic rings. The highest BCUT2D eigenvalue weighted by molar-refractivity contribution is 6.33. The van der Waals surface area contributed by atoms with Crippen molar-refractivity contribution < 1.29 is 4.39 Å². The molecule has 0 saturated heterocycles. The third kappa shape index (κ3) is 3.61. The summed E-state index contributed by atoms with van der Waals surface area (Å²) in [5.41, 5.74) is 2.78. The molecule has 100 valence electrons. The third-order valence-electron chi connectivity index (χ3n) is 2.82. The maximum absolute atomic E-state index is 13.0. The van der Waals surface area contributed by atoms with Crippen LogP contribution >= 0.6 is 11.6 Å². The molecule has 4 heteroatoms. The van der Waals surface area contributed by atoms with Crippen LogP contribution in [0.3, 0.4) is 0 Å². The first-order valence-electron chi connectivity index (χ1n) is 6.01. The summed E-state index contributed by atoms with van der Waals surface area (Å²) in [4.78, 5) is 1.96. The lowest BCUT2D eigenvalue weighted by atomic mass is 10.2. The lowest BCUT2D eigenvalue weighted by Gasteiger charge is -2.15. The van der Waals surface area contributed by atoms with E-state index in [1.807, 2.05) is 43.3 Å². The number of halogens is 2. The van der Waals surface area contributed by atoms with Crippen molar-refractivity contribution in [2.24, 2.45) is 0 Å². The highest BCUT2D eigenvalue weighted by Gasteiger charge is 2.03. The number of hydrogen-bond donors (Lipinski definition) is 1. The summed E-state index contributed by atoms with van der Waals surface area (Å²) in [7, 11) is 3.89. The molecule has 2 nitrogen and oxygen atoms in total. The SMILES string of the molecule is CN(C)c1ccc(NCc2cccc(F)c2)cc1Cl. The first-order chi connectivity index (χ1) is 9.06. The van der Waals surface area contributed by atoms with Crippen LogP contribution in [0.15, 0.2) is 42.5 Å². The third-order valence-corrected chi connectivity index (χ3v) is 3.12. The van der Waals surface area contributed by atoms with E-state index < -0.39 is 0 Å². The van der Waals surface area contributed by atoms with Gasteiger partial charge in [-0.1, -0.05) is 23.7 Å². The van der Waals surface area contributed by atoms with E-state index >= 15 is 0 Å². The number of nitrogens with one attached hydrogen (secondary N) is 1. The predicted molar refractivity (Wildman–Crippen MR) is 79.5 cm³/mol. The zero-order chi connectivity index (χ0) is 13.8. The Morgan fingerprint density at radius 2 is 1.95 bits per heavy atom. The van der Waals surface area contributed by atoms with Crippen molar-refractivity contribution in [2.75, 3.05) is 24.3 Å². The highest BCUT2D eigenvalue weighted by atomic mass is 35.5. The van der Waals surface area contributed by atoms with Gasteiger partial charge in [0.1, 0.15) is 5.82 Å². The minimum Gasteiger partial charge on any atom is -0.381 e. The van der Waals surface area contributed by atoms with E-state index in [0.717, 1.165) is 16.9 Å². The molecule has 0 spiro atoms. The average Bonchev–Trinajstić information content (AvgIpc) is 2.36. The van der Waals surface area contributed by atoms with Crippen LogP contribution in [0, 0.1) is 5.82 Å². The largest absolute Gasteiger partial charge is 0.381 e. The molecule has 0 saturated carbocycles. The van der Waals surface area contributed by atoms with Crippen LogP contribution in [0.2, 0.25) is 5.02 Å². The second kappa shape index (κ2) is 5.93. The molecular weight excluding hydrogens is 263 g/mol. The lowest BCUT2D eigenvalue weighted by molar-refractivity contribution is 0.626. The number of anilines is 2. The maximum Gasteiger partial charge on any atom is 0.123 e. The predicted octanol–water partition coefficient (Wildman–Crippen LogP) is 4.16. The van der Waals surface area contributed by atoms with E-state index in [1.54, 1.807) is 6.07 Å². The van der Waals surface area contributed by atoms with Crippen LogP contribution in [0.5, 0.6) is 0 Å². The van der Waals surface area contributed by atoms with Crippen LogP contribution in [-0.4, -0.2) is 14.1 Å². The Balaban J connectivity index is 2.06. The van der Waals surface area contributed by atoms with Crippen molar-refractivity contribution in [2.45, 2.75) is 6.54 Å². The summed E-state index contributed by atoms with van der Waals surface area (Å²) in [6, 6.07) is 12.3. The van der Waals surface area contributed by atoms with E-state index in [9.17, 15) is 4.39 Å². The van der Waals surface area contributed by atoms with E-state index in [4.69, 9.17) is 11.6 Å². The smallest absolute Gasteiger partial charge is 0.123 e. The summed E-state index contributed by atoms with van der Waals surface area (Å²) in [5, 5.41) is 3.91. The molecule has 0 heterocycles. The average molecular weight is 279 g/mol. The van der Waals surface area contributed by atoms with Gasteiger partial charge in [-0.15, -0.1) is 0 Å². The minimum atomic E-state index is -0.222. The fraction of sp³-hybridized carbons (Fsp3) is 0.200. The van der Waals surface area contributed by atoms with Gasteiger partial charge in [-0.2, -0.15) is 0 Å². The number of benzene rings is 2. The van der Waals surface area contributed by atoms with Gasteiger partial charge < -0.3 is 10.2 Å². The zero-order valence-corrected chi connectivity index (χ0v) is 11.7. The molecule has 0 aromatic heterocycles. The van der Waals surface area contributed by atoms with Crippen LogP contribution < -0.4 is 10.2 Å². The summed E-state index contributed by atoms with van der Waals surface area (Å²) in [6.45, 7) is 0.565. The Morgan fingerprint density at radius 1 is 1.16 bits per heavy atom. The van der Waals surface area contributed by atoms with Crippen LogP contribution in [0.1, 0.15) is 5.56 Å². The molecule has 2 rings (SSSR count). The maximum atomic E-state index is 13.0. The van der Waals surface area contributed by atoms with Crippen molar-refractivity contribution in [1.82, 2.24) is 0 Å². The lowest BCUT2D eigenvalue weighted by Crippen LogP contribution is -2.09. The van der Waals surface area contributed by atoms with E-state index in [0.29, 0.717) is 11.6 Å². The van der Waals surface area contributed by atoms with Crippen LogP contribution in [0.25, 0.3) is 0 Å². The van der Waals surface area contributed by atoms with Crippen LogP contribution in [0.4, 0.5) is 15.8 Å². The molecule has 0 aliphatic heterocycles. The van der Waals surface area contributed by atoms with Crippen molar-refractivity contribution in [3.63, 3.8) is 0 Å². The van der Waals surface area contributed by atoms with Crippen molar-refractivity contribution in [1.29, 1.82) is 0 Å². The molecule has 0 atom stereocenters. The Bertz CT molecular complexity index is 570. The first kappa shape index (κ1) is 13.7. The van der Waals surface area contributed by atoms with E-state index in [1.165, 1.54) is 12.1 Å². The molecule has 19 heavy (non-hydrogen) atoms. The van der Waals surface area contributed by atoms with Gasteiger partial charge in [-0.25, -0.2) is 4.39 Å². The molecule has 0 amide bonds. The minimum absolute atomic E-state index is 0.222. The second-order valence-corrected chi connectivity index (χ2v) is 4.95. The fourth-order valence-corrected chi connectivity index (χ4v) is 2.18. The summed E-state index contributed by atoms with van der Waals surface area (Å²) in [6.07, 6.45) is 0. The van der Waals surface area contributed by atoms with Gasteiger partial charge in [0.25, 0.3) is 0 Å². The van der Waals surface area contributed by atoms with Gasteiger partial charge in [0.2, 0.25) is 0 Å². The molecular formula is C15H16ClFN2. The molecule has 0 bridgehead atoms. The summed E-state index contributed by atoms with van der Waals surface area (Å²) in [5.74, 6) is -0.222. The quantitative estimate of drug-likeness (QED) is 0.903. The van der Waals surface area contributed by atoms with Gasteiger partial charge in [-0.3, -0.25) is 0 Å². The van der Waals surface area contributed by atoms with Gasteiger partial charge in [0, 0.05) is 26.3 Å². The highest BCUT2D eigenvalue weighted by Crippen LogP contribution is 2.27. The summed E-state index contributed by atoms with van der Waals surface area (Å²) < 4.78 is 13.0. The molecule has 1 N–H and O–H groups in total. The Morgan fingerprint density at radius 3 is 2.58 bits per heavy atom. The van der Waals surface area contributed by atoms with Gasteiger partial charge >= 0.3 is 0 Å². The Labute approximate surface area is 117 Å². The molecule has 0 fully saturated rings. The second-order valence-electron chi connectivity index (χ2n) is 4.54. The fourth-order valence-electron chi connectivity index (χ4n) is 1.83. The Kier molecular flexibility index (Phi) is 4.27. The van der Waals surface area contributed by atoms with Crippen molar-refractivity contribution in [3.05, 3.63) is 58.9 Å². The van der Waals surface area contributed by atoms with Gasteiger partial charge in [0.05, 0.1) is 10.7 Å². The number of hydrogen-bond acceptors (Lipinski definition) is 2. The monoisotopic (exact) mass is 278 g/mol. The van der Waals surface area contributed by atoms with Crippen molar-refractivity contribution in [3.8, 4) is 0 Å². The summed E-state index contributed by atoms with van der Waals surface area (Å²) >= 11 is 6.19. The molecule has 0 aliphatic rings. The molecule has 0 unspecified atom stereocenters.